The van der Waals surface area contributed by atoms with Gasteiger partial charge in [0.15, 0.2) is 0 Å². The Hall–Kier alpha value is -3.12. The van der Waals surface area contributed by atoms with Gasteiger partial charge in [-0.3, -0.25) is 9.20 Å². The quantitative estimate of drug-likeness (QED) is 0.482. The number of piperazine rings is 1. The Kier molecular flexibility index (Phi) is 6.54. The third kappa shape index (κ3) is 5.59. The molecule has 1 aromatic carbocycles. The number of amides is 1. The van der Waals surface area contributed by atoms with Gasteiger partial charge in [-0.1, -0.05) is 29.0 Å². The van der Waals surface area contributed by atoms with Gasteiger partial charge in [0, 0.05) is 31.9 Å². The van der Waals surface area contributed by atoms with Crippen molar-refractivity contribution in [3.63, 3.8) is 0 Å². The van der Waals surface area contributed by atoms with Gasteiger partial charge in [0.2, 0.25) is 10.8 Å². The van der Waals surface area contributed by atoms with Gasteiger partial charge in [0.1, 0.15) is 15.5 Å². The molecule has 1 aliphatic rings. The summed E-state index contributed by atoms with van der Waals surface area (Å²) in [5, 5.41) is 0.781. The molecule has 3 aromatic rings. The lowest BCUT2D eigenvalue weighted by atomic mass is 10.2. The standard InChI is InChI=1S/C23H28N4O6S2/c1-15-6-8-17(9-7-15)35(30,31)33-18-12-19(28)27-14-20(34-21(27)24-18)25-10-11-26(16(2)13-25)22(29)32-23(3,4)5/h6-9,12,14,16H,10-11,13H2,1-5H3/t16-/m0/s1. The van der Waals surface area contributed by atoms with Gasteiger partial charge in [-0.15, -0.1) is 0 Å². The molecule has 1 atom stereocenters. The molecule has 0 unspecified atom stereocenters. The summed E-state index contributed by atoms with van der Waals surface area (Å²) in [6.45, 7) is 10.8. The van der Waals surface area contributed by atoms with E-state index in [1.54, 1.807) is 23.2 Å². The number of fused-ring (bicyclic) bond motifs is 1. The van der Waals surface area contributed by atoms with Crippen molar-refractivity contribution >= 4 is 37.5 Å². The molecule has 0 saturated carbocycles. The number of benzene rings is 1. The molecule has 12 heteroatoms. The molecule has 2 aromatic heterocycles. The van der Waals surface area contributed by atoms with E-state index >= 15 is 0 Å². The Labute approximate surface area is 207 Å². The minimum Gasteiger partial charge on any atom is -0.444 e. The molecule has 35 heavy (non-hydrogen) atoms. The van der Waals surface area contributed by atoms with Gasteiger partial charge >= 0.3 is 16.2 Å². The summed E-state index contributed by atoms with van der Waals surface area (Å²) < 4.78 is 37.2. The van der Waals surface area contributed by atoms with Gasteiger partial charge in [-0.2, -0.15) is 13.4 Å². The van der Waals surface area contributed by atoms with Crippen LogP contribution in [0.25, 0.3) is 4.96 Å². The third-order valence-electron chi connectivity index (χ3n) is 5.40. The summed E-state index contributed by atoms with van der Waals surface area (Å²) >= 11 is 1.25. The van der Waals surface area contributed by atoms with Crippen LogP contribution in [0.15, 0.2) is 46.2 Å². The number of carbonyl (C=O) groups is 1. The zero-order valence-electron chi connectivity index (χ0n) is 20.2. The largest absolute Gasteiger partial charge is 0.444 e. The fraction of sp³-hybridized carbons (Fsp3) is 0.435. The molecule has 3 heterocycles. The number of nitrogens with zero attached hydrogens (tertiary/aromatic N) is 4. The maximum atomic E-state index is 12.7. The van der Waals surface area contributed by atoms with E-state index in [9.17, 15) is 18.0 Å². The molecule has 0 aliphatic carbocycles. The lowest BCUT2D eigenvalue weighted by molar-refractivity contribution is 0.0159. The van der Waals surface area contributed by atoms with Crippen LogP contribution in [-0.4, -0.2) is 60.1 Å². The Morgan fingerprint density at radius 2 is 1.86 bits per heavy atom. The maximum absolute atomic E-state index is 12.7. The van der Waals surface area contributed by atoms with E-state index < -0.39 is 21.3 Å². The number of hydrogen-bond acceptors (Lipinski definition) is 9. The maximum Gasteiger partial charge on any atom is 0.410 e. The van der Waals surface area contributed by atoms with E-state index in [2.05, 4.69) is 9.88 Å². The van der Waals surface area contributed by atoms with Crippen molar-refractivity contribution in [1.29, 1.82) is 0 Å². The van der Waals surface area contributed by atoms with E-state index in [1.165, 1.54) is 27.9 Å². The fourth-order valence-electron chi connectivity index (χ4n) is 3.67. The summed E-state index contributed by atoms with van der Waals surface area (Å²) in [4.78, 5) is 33.5. The topological polar surface area (TPSA) is 111 Å². The first-order chi connectivity index (χ1) is 16.3. The number of anilines is 1. The number of aryl methyl sites for hydroxylation is 1. The Bertz CT molecular complexity index is 1410. The average molecular weight is 521 g/mol. The van der Waals surface area contributed by atoms with Crippen LogP contribution in [0.3, 0.4) is 0 Å². The van der Waals surface area contributed by atoms with Gasteiger partial charge in [-0.25, -0.2) is 4.79 Å². The highest BCUT2D eigenvalue weighted by molar-refractivity contribution is 7.87. The van der Waals surface area contributed by atoms with Crippen molar-refractivity contribution in [2.45, 2.75) is 51.2 Å². The van der Waals surface area contributed by atoms with Crippen LogP contribution >= 0.6 is 11.3 Å². The predicted molar refractivity (Wildman–Crippen MR) is 133 cm³/mol. The summed E-state index contributed by atoms with van der Waals surface area (Å²) in [7, 11) is -4.13. The molecular weight excluding hydrogens is 492 g/mol. The van der Waals surface area contributed by atoms with Crippen LogP contribution in [0.2, 0.25) is 0 Å². The molecule has 1 saturated heterocycles. The van der Waals surface area contributed by atoms with Crippen LogP contribution in [-0.2, 0) is 14.9 Å². The normalized spacial score (nSPS) is 17.0. The van der Waals surface area contributed by atoms with Crippen LogP contribution in [0.4, 0.5) is 9.80 Å². The van der Waals surface area contributed by atoms with E-state index in [1.807, 2.05) is 34.6 Å². The number of carbonyl (C=O) groups excluding carboxylic acids is 1. The predicted octanol–water partition coefficient (Wildman–Crippen LogP) is 3.28. The van der Waals surface area contributed by atoms with E-state index in [0.29, 0.717) is 24.6 Å². The number of thiazole rings is 1. The molecule has 0 spiro atoms. The van der Waals surface area contributed by atoms with Crippen LogP contribution in [0, 0.1) is 6.92 Å². The van der Waals surface area contributed by atoms with Gasteiger partial charge in [-0.05, 0) is 46.8 Å². The van der Waals surface area contributed by atoms with Crippen molar-refractivity contribution in [3.8, 4) is 5.88 Å². The minimum absolute atomic E-state index is 0.0196. The van der Waals surface area contributed by atoms with Gasteiger partial charge < -0.3 is 18.7 Å². The van der Waals surface area contributed by atoms with Crippen molar-refractivity contribution in [2.75, 3.05) is 24.5 Å². The molecule has 188 valence electrons. The Balaban J connectivity index is 1.53. The number of hydrogen-bond donors (Lipinski definition) is 0. The van der Waals surface area contributed by atoms with Crippen molar-refractivity contribution in [1.82, 2.24) is 14.3 Å². The first-order valence-corrected chi connectivity index (χ1v) is 13.3. The summed E-state index contributed by atoms with van der Waals surface area (Å²) in [6.07, 6.45) is 1.32. The average Bonchev–Trinajstić information content (AvgIpc) is 3.17. The summed E-state index contributed by atoms with van der Waals surface area (Å²) in [5.74, 6) is -0.285. The van der Waals surface area contributed by atoms with Crippen LogP contribution in [0.1, 0.15) is 33.3 Å². The van der Waals surface area contributed by atoms with Gasteiger partial charge in [0.05, 0.1) is 6.07 Å². The third-order valence-corrected chi connectivity index (χ3v) is 7.69. The van der Waals surface area contributed by atoms with Crippen molar-refractivity contribution in [2.24, 2.45) is 0 Å². The molecule has 1 aliphatic heterocycles. The number of aromatic nitrogens is 2. The highest BCUT2D eigenvalue weighted by Crippen LogP contribution is 2.29. The van der Waals surface area contributed by atoms with Crippen molar-refractivity contribution in [3.05, 3.63) is 52.4 Å². The highest BCUT2D eigenvalue weighted by atomic mass is 32.2. The molecule has 0 radical (unpaired) electrons. The molecule has 1 amide bonds. The summed E-state index contributed by atoms with van der Waals surface area (Å²) in [5.41, 5.74) is -0.111. The first kappa shape index (κ1) is 25.0. The van der Waals surface area contributed by atoms with Crippen LogP contribution < -0.4 is 14.6 Å². The Morgan fingerprint density at radius 3 is 2.49 bits per heavy atom. The van der Waals surface area contributed by atoms with E-state index in [-0.39, 0.29) is 22.9 Å². The minimum atomic E-state index is -4.13. The molecule has 0 bridgehead atoms. The second-order valence-corrected chi connectivity index (χ2v) is 12.0. The molecule has 4 rings (SSSR count). The van der Waals surface area contributed by atoms with E-state index in [0.717, 1.165) is 16.6 Å². The monoisotopic (exact) mass is 520 g/mol. The molecule has 10 nitrogen and oxygen atoms in total. The highest BCUT2D eigenvalue weighted by Gasteiger charge is 2.31. The number of ether oxygens (including phenoxy) is 1. The zero-order chi connectivity index (χ0) is 25.5. The lowest BCUT2D eigenvalue weighted by Gasteiger charge is -2.40. The SMILES string of the molecule is Cc1ccc(S(=O)(=O)Oc2cc(=O)n3cc(N4CCN(C(=O)OC(C)(C)C)[C@@H](C)C4)sc3n2)cc1. The second kappa shape index (κ2) is 9.15. The zero-order valence-corrected chi connectivity index (χ0v) is 21.9. The van der Waals surface area contributed by atoms with E-state index in [4.69, 9.17) is 8.92 Å². The lowest BCUT2D eigenvalue weighted by Crippen LogP contribution is -2.55. The molecule has 1 fully saturated rings. The summed E-state index contributed by atoms with van der Waals surface area (Å²) in [6, 6.07) is 7.16. The van der Waals surface area contributed by atoms with Crippen molar-refractivity contribution < 1.29 is 22.1 Å². The fourth-order valence-corrected chi connectivity index (χ4v) is 5.57. The second-order valence-electron chi connectivity index (χ2n) is 9.47. The van der Waals surface area contributed by atoms with Gasteiger partial charge in [0.25, 0.3) is 5.56 Å². The number of rotatable bonds is 4. The molecular formula is C23H28N4O6S2. The first-order valence-electron chi connectivity index (χ1n) is 11.1. The molecule has 0 N–H and O–H groups in total. The Morgan fingerprint density at radius 1 is 1.17 bits per heavy atom. The van der Waals surface area contributed by atoms with Crippen LogP contribution in [0.5, 0.6) is 5.88 Å². The smallest absolute Gasteiger partial charge is 0.410 e.